The molecule has 1 unspecified atom stereocenters. The van der Waals surface area contributed by atoms with Crippen molar-refractivity contribution in [3.63, 3.8) is 0 Å². The fraction of sp³-hybridized carbons (Fsp3) is 0.357. The molecule has 1 aromatic rings. The van der Waals surface area contributed by atoms with Crippen LogP contribution in [0.5, 0.6) is 0 Å². The predicted octanol–water partition coefficient (Wildman–Crippen LogP) is 1.26. The van der Waals surface area contributed by atoms with Gasteiger partial charge in [0, 0.05) is 12.5 Å². The first-order chi connectivity index (χ1) is 10.7. The van der Waals surface area contributed by atoms with E-state index in [1.165, 1.54) is 25.1 Å². The van der Waals surface area contributed by atoms with E-state index in [0.29, 0.717) is 0 Å². The third-order valence-electron chi connectivity index (χ3n) is 4.02. The van der Waals surface area contributed by atoms with Crippen molar-refractivity contribution in [1.29, 1.82) is 0 Å². The first-order valence-electron chi connectivity index (χ1n) is 6.72. The van der Waals surface area contributed by atoms with Crippen molar-refractivity contribution >= 4 is 23.5 Å². The molecule has 1 aliphatic rings. The quantitative estimate of drug-likeness (QED) is 0.593. The molecule has 0 fully saturated rings. The number of nitro benzene ring substituents is 1. The van der Waals surface area contributed by atoms with Gasteiger partial charge in [0.2, 0.25) is 0 Å². The summed E-state index contributed by atoms with van der Waals surface area (Å²) in [6, 6.07) is 3.99. The number of fused-ring (bicyclic) bond motifs is 1. The summed E-state index contributed by atoms with van der Waals surface area (Å²) >= 11 is 0. The number of carbonyl (C=O) groups is 3. The summed E-state index contributed by atoms with van der Waals surface area (Å²) in [5.41, 5.74) is -1.81. The second kappa shape index (κ2) is 5.67. The van der Waals surface area contributed by atoms with Crippen LogP contribution in [0.3, 0.4) is 0 Å². The third kappa shape index (κ3) is 2.72. The van der Waals surface area contributed by atoms with Gasteiger partial charge in [-0.2, -0.15) is 0 Å². The first kappa shape index (κ1) is 16.4. The zero-order chi connectivity index (χ0) is 17.4. The highest BCUT2D eigenvalue weighted by Crippen LogP contribution is 2.36. The largest absolute Gasteiger partial charge is 0.481 e. The molecule has 9 heteroatoms. The van der Waals surface area contributed by atoms with Gasteiger partial charge in [0.1, 0.15) is 5.54 Å². The Balaban J connectivity index is 2.43. The lowest BCUT2D eigenvalue weighted by Gasteiger charge is -2.34. The number of carboxylic acids is 2. The van der Waals surface area contributed by atoms with Gasteiger partial charge in [-0.25, -0.2) is 4.79 Å². The highest BCUT2D eigenvalue weighted by atomic mass is 16.6. The maximum Gasteiger partial charge on any atom is 0.329 e. The fourth-order valence-corrected chi connectivity index (χ4v) is 2.59. The minimum absolute atomic E-state index is 0.0713. The summed E-state index contributed by atoms with van der Waals surface area (Å²) in [4.78, 5) is 46.2. The number of carbonyl (C=O) groups excluding carboxylic acids is 1. The Morgan fingerprint density at radius 3 is 2.57 bits per heavy atom. The van der Waals surface area contributed by atoms with Crippen molar-refractivity contribution in [1.82, 2.24) is 4.90 Å². The molecule has 2 N–H and O–H groups in total. The van der Waals surface area contributed by atoms with Crippen LogP contribution in [0, 0.1) is 10.1 Å². The Labute approximate surface area is 130 Å². The number of nitro groups is 1. The van der Waals surface area contributed by atoms with E-state index in [2.05, 4.69) is 0 Å². The van der Waals surface area contributed by atoms with Crippen molar-refractivity contribution in [2.75, 3.05) is 0 Å². The van der Waals surface area contributed by atoms with Gasteiger partial charge in [-0.1, -0.05) is 6.07 Å². The highest BCUT2D eigenvalue weighted by molar-refractivity contribution is 6.02. The zero-order valence-corrected chi connectivity index (χ0v) is 12.2. The Morgan fingerprint density at radius 2 is 2.04 bits per heavy atom. The predicted molar refractivity (Wildman–Crippen MR) is 75.9 cm³/mol. The van der Waals surface area contributed by atoms with Crippen LogP contribution in [0.4, 0.5) is 5.69 Å². The zero-order valence-electron chi connectivity index (χ0n) is 12.2. The monoisotopic (exact) mass is 322 g/mol. The van der Waals surface area contributed by atoms with Crippen molar-refractivity contribution in [3.8, 4) is 0 Å². The molecule has 1 aromatic carbocycles. The second-order valence-corrected chi connectivity index (χ2v) is 5.42. The van der Waals surface area contributed by atoms with E-state index in [1.807, 2.05) is 0 Å². The lowest BCUT2D eigenvalue weighted by atomic mass is 9.93. The van der Waals surface area contributed by atoms with E-state index in [0.717, 1.165) is 4.90 Å². The molecule has 0 saturated heterocycles. The highest BCUT2D eigenvalue weighted by Gasteiger charge is 2.47. The summed E-state index contributed by atoms with van der Waals surface area (Å²) in [5, 5.41) is 29.3. The van der Waals surface area contributed by atoms with Crippen LogP contribution < -0.4 is 0 Å². The molecule has 1 amide bonds. The summed E-state index contributed by atoms with van der Waals surface area (Å²) in [6.45, 7) is 1.00. The first-order valence-corrected chi connectivity index (χ1v) is 6.72. The standard InChI is InChI=1S/C14H14N2O7/c1-14(13(20)21,6-5-11(17)18)15-7-9-8(12(15)19)3-2-4-10(9)16(22)23/h2-4H,5-7H2,1H3,(H,17,18)(H,20,21). The lowest BCUT2D eigenvalue weighted by molar-refractivity contribution is -0.385. The fourth-order valence-electron chi connectivity index (χ4n) is 2.59. The van der Waals surface area contributed by atoms with Crippen LogP contribution in [-0.2, 0) is 16.1 Å². The van der Waals surface area contributed by atoms with Gasteiger partial charge in [0.05, 0.1) is 22.6 Å². The number of nitrogens with zero attached hydrogens (tertiary/aromatic N) is 2. The van der Waals surface area contributed by atoms with E-state index >= 15 is 0 Å². The molecule has 2 rings (SSSR count). The van der Waals surface area contributed by atoms with Crippen LogP contribution in [-0.4, -0.2) is 43.4 Å². The molecular weight excluding hydrogens is 308 g/mol. The maximum absolute atomic E-state index is 12.5. The number of hydrogen-bond acceptors (Lipinski definition) is 5. The molecule has 0 radical (unpaired) electrons. The topological polar surface area (TPSA) is 138 Å². The van der Waals surface area contributed by atoms with Crippen molar-refractivity contribution < 1.29 is 29.5 Å². The molecule has 0 bridgehead atoms. The molecule has 0 aliphatic carbocycles. The van der Waals surface area contributed by atoms with Gasteiger partial charge in [0.15, 0.2) is 0 Å². The summed E-state index contributed by atoms with van der Waals surface area (Å²) in [6.07, 6.45) is -0.740. The van der Waals surface area contributed by atoms with E-state index < -0.39 is 34.7 Å². The van der Waals surface area contributed by atoms with Crippen molar-refractivity contribution in [2.45, 2.75) is 31.8 Å². The summed E-state index contributed by atoms with van der Waals surface area (Å²) in [5.74, 6) is -3.20. The number of benzene rings is 1. The van der Waals surface area contributed by atoms with Gasteiger partial charge in [-0.15, -0.1) is 0 Å². The smallest absolute Gasteiger partial charge is 0.329 e. The number of aliphatic carboxylic acids is 2. The summed E-state index contributed by atoms with van der Waals surface area (Å²) in [7, 11) is 0. The Hall–Kier alpha value is -2.97. The molecule has 1 heterocycles. The van der Waals surface area contributed by atoms with Crippen LogP contribution >= 0.6 is 0 Å². The van der Waals surface area contributed by atoms with Gasteiger partial charge in [-0.05, 0) is 19.4 Å². The van der Waals surface area contributed by atoms with Crippen molar-refractivity contribution in [3.05, 3.63) is 39.4 Å². The molecule has 23 heavy (non-hydrogen) atoms. The Bertz CT molecular complexity index is 715. The average molecular weight is 322 g/mol. The van der Waals surface area contributed by atoms with E-state index in [-0.39, 0.29) is 29.8 Å². The third-order valence-corrected chi connectivity index (χ3v) is 4.02. The average Bonchev–Trinajstić information content (AvgIpc) is 2.82. The minimum atomic E-state index is -1.76. The van der Waals surface area contributed by atoms with E-state index in [4.69, 9.17) is 5.11 Å². The van der Waals surface area contributed by atoms with Gasteiger partial charge in [0.25, 0.3) is 11.6 Å². The second-order valence-electron chi connectivity index (χ2n) is 5.42. The van der Waals surface area contributed by atoms with E-state index in [9.17, 15) is 29.6 Å². The minimum Gasteiger partial charge on any atom is -0.481 e. The molecule has 9 nitrogen and oxygen atoms in total. The number of amides is 1. The lowest BCUT2D eigenvalue weighted by Crippen LogP contribution is -2.52. The van der Waals surface area contributed by atoms with Gasteiger partial charge >= 0.3 is 11.9 Å². The molecule has 0 saturated carbocycles. The van der Waals surface area contributed by atoms with E-state index in [1.54, 1.807) is 0 Å². The normalized spacial score (nSPS) is 15.9. The van der Waals surface area contributed by atoms with Gasteiger partial charge in [-0.3, -0.25) is 19.7 Å². The van der Waals surface area contributed by atoms with Gasteiger partial charge < -0.3 is 15.1 Å². The van der Waals surface area contributed by atoms with Crippen LogP contribution in [0.1, 0.15) is 35.7 Å². The Kier molecular flexibility index (Phi) is 4.04. The molecule has 0 aromatic heterocycles. The van der Waals surface area contributed by atoms with Crippen LogP contribution in [0.15, 0.2) is 18.2 Å². The molecular formula is C14H14N2O7. The molecule has 0 spiro atoms. The van der Waals surface area contributed by atoms with Crippen molar-refractivity contribution in [2.24, 2.45) is 0 Å². The number of hydrogen-bond donors (Lipinski definition) is 2. The SMILES string of the molecule is CC(CCC(=O)O)(C(=O)O)N1Cc2c(cccc2[N+](=O)[O-])C1=O. The molecule has 1 aliphatic heterocycles. The Morgan fingerprint density at radius 1 is 1.39 bits per heavy atom. The van der Waals surface area contributed by atoms with Crippen LogP contribution in [0.25, 0.3) is 0 Å². The number of rotatable bonds is 6. The van der Waals surface area contributed by atoms with Crippen LogP contribution in [0.2, 0.25) is 0 Å². The number of carboxylic acid groups (broad SMARTS) is 2. The maximum atomic E-state index is 12.5. The molecule has 122 valence electrons. The summed E-state index contributed by atoms with van der Waals surface area (Å²) < 4.78 is 0. The molecule has 1 atom stereocenters.